The molecule has 0 aromatic rings. The van der Waals surface area contributed by atoms with Gasteiger partial charge in [-0.25, -0.2) is 0 Å². The van der Waals surface area contributed by atoms with Gasteiger partial charge in [0, 0.05) is 20.3 Å². The summed E-state index contributed by atoms with van der Waals surface area (Å²) in [6, 6.07) is 0. The minimum absolute atomic E-state index is 0.139. The standard InChI is InChI=1S/C13H27NO3/c1-5-6-8-17-12(15)10-14-11-13(2,3)7-9-16-4/h14H,5-11H2,1-4H3. The van der Waals surface area contributed by atoms with Crippen LogP contribution in [0.1, 0.15) is 40.0 Å². The van der Waals surface area contributed by atoms with Gasteiger partial charge in [0.2, 0.25) is 0 Å². The topological polar surface area (TPSA) is 47.6 Å². The molecule has 0 bridgehead atoms. The van der Waals surface area contributed by atoms with Gasteiger partial charge in [-0.3, -0.25) is 4.79 Å². The average Bonchev–Trinajstić information content (AvgIpc) is 2.26. The smallest absolute Gasteiger partial charge is 0.319 e. The lowest BCUT2D eigenvalue weighted by Gasteiger charge is -2.24. The van der Waals surface area contributed by atoms with E-state index < -0.39 is 0 Å². The first-order valence-electron chi connectivity index (χ1n) is 6.37. The van der Waals surface area contributed by atoms with Crippen molar-refractivity contribution in [2.75, 3.05) is 33.4 Å². The third-order valence-electron chi connectivity index (χ3n) is 2.62. The van der Waals surface area contributed by atoms with Crippen molar-refractivity contribution >= 4 is 5.97 Å². The zero-order valence-electron chi connectivity index (χ0n) is 11.7. The van der Waals surface area contributed by atoms with Gasteiger partial charge in [0.15, 0.2) is 0 Å². The quantitative estimate of drug-likeness (QED) is 0.472. The third-order valence-corrected chi connectivity index (χ3v) is 2.62. The Hall–Kier alpha value is -0.610. The molecule has 17 heavy (non-hydrogen) atoms. The lowest BCUT2D eigenvalue weighted by Crippen LogP contribution is -2.34. The summed E-state index contributed by atoms with van der Waals surface area (Å²) in [7, 11) is 1.70. The summed E-state index contributed by atoms with van der Waals surface area (Å²) in [5.74, 6) is -0.166. The van der Waals surface area contributed by atoms with Crippen molar-refractivity contribution < 1.29 is 14.3 Å². The van der Waals surface area contributed by atoms with E-state index >= 15 is 0 Å². The number of ether oxygens (including phenoxy) is 2. The van der Waals surface area contributed by atoms with Crippen molar-refractivity contribution in [2.24, 2.45) is 5.41 Å². The van der Waals surface area contributed by atoms with E-state index in [9.17, 15) is 4.79 Å². The van der Waals surface area contributed by atoms with Crippen LogP contribution in [0.5, 0.6) is 0 Å². The van der Waals surface area contributed by atoms with Gasteiger partial charge in [-0.15, -0.1) is 0 Å². The highest BCUT2D eigenvalue weighted by atomic mass is 16.5. The molecule has 0 aliphatic rings. The zero-order valence-corrected chi connectivity index (χ0v) is 11.7. The molecule has 0 aliphatic heterocycles. The van der Waals surface area contributed by atoms with Gasteiger partial charge in [0.25, 0.3) is 0 Å². The highest BCUT2D eigenvalue weighted by Crippen LogP contribution is 2.18. The van der Waals surface area contributed by atoms with Crippen molar-refractivity contribution in [1.29, 1.82) is 0 Å². The molecular weight excluding hydrogens is 218 g/mol. The van der Waals surface area contributed by atoms with Gasteiger partial charge < -0.3 is 14.8 Å². The number of esters is 1. The normalized spacial score (nSPS) is 11.5. The predicted molar refractivity (Wildman–Crippen MR) is 69.0 cm³/mol. The first kappa shape index (κ1) is 16.4. The molecule has 0 saturated carbocycles. The van der Waals surface area contributed by atoms with E-state index in [4.69, 9.17) is 9.47 Å². The molecule has 4 heteroatoms. The number of hydrogen-bond acceptors (Lipinski definition) is 4. The van der Waals surface area contributed by atoms with Crippen molar-refractivity contribution in [3.05, 3.63) is 0 Å². The maximum atomic E-state index is 11.3. The molecule has 0 aliphatic carbocycles. The Labute approximate surface area is 105 Å². The minimum atomic E-state index is -0.166. The van der Waals surface area contributed by atoms with Crippen LogP contribution in [0.2, 0.25) is 0 Å². The van der Waals surface area contributed by atoms with Crippen LogP contribution in [-0.2, 0) is 14.3 Å². The maximum absolute atomic E-state index is 11.3. The molecule has 0 rings (SSSR count). The summed E-state index contributed by atoms with van der Waals surface area (Å²) in [5.41, 5.74) is 0.139. The molecule has 0 unspecified atom stereocenters. The number of methoxy groups -OCH3 is 1. The second-order valence-electron chi connectivity index (χ2n) is 5.08. The van der Waals surface area contributed by atoms with Crippen molar-refractivity contribution in [2.45, 2.75) is 40.0 Å². The monoisotopic (exact) mass is 245 g/mol. The molecule has 102 valence electrons. The Kier molecular flexibility index (Phi) is 9.09. The van der Waals surface area contributed by atoms with Gasteiger partial charge in [-0.05, 0) is 18.3 Å². The fourth-order valence-electron chi connectivity index (χ4n) is 1.35. The van der Waals surface area contributed by atoms with E-state index in [1.54, 1.807) is 7.11 Å². The van der Waals surface area contributed by atoms with E-state index in [-0.39, 0.29) is 11.4 Å². The molecule has 1 N–H and O–H groups in total. The fourth-order valence-corrected chi connectivity index (χ4v) is 1.35. The number of nitrogens with one attached hydrogen (secondary N) is 1. The molecule has 0 spiro atoms. The molecular formula is C13H27NO3. The Morgan fingerprint density at radius 1 is 1.29 bits per heavy atom. The van der Waals surface area contributed by atoms with Gasteiger partial charge >= 0.3 is 5.97 Å². The minimum Gasteiger partial charge on any atom is -0.465 e. The predicted octanol–water partition coefficient (Wildman–Crippen LogP) is 1.98. The van der Waals surface area contributed by atoms with Crippen LogP contribution >= 0.6 is 0 Å². The fraction of sp³-hybridized carbons (Fsp3) is 0.923. The lowest BCUT2D eigenvalue weighted by molar-refractivity contribution is -0.142. The molecule has 0 aromatic heterocycles. The van der Waals surface area contributed by atoms with E-state index in [1.165, 1.54) is 0 Å². The molecule has 0 saturated heterocycles. The summed E-state index contributed by atoms with van der Waals surface area (Å²) in [6.07, 6.45) is 2.96. The van der Waals surface area contributed by atoms with Crippen LogP contribution in [-0.4, -0.2) is 39.4 Å². The molecule has 0 atom stereocenters. The van der Waals surface area contributed by atoms with E-state index in [0.29, 0.717) is 13.2 Å². The first-order valence-corrected chi connectivity index (χ1v) is 6.37. The maximum Gasteiger partial charge on any atom is 0.319 e. The number of rotatable bonds is 10. The Bertz CT molecular complexity index is 205. The summed E-state index contributed by atoms with van der Waals surface area (Å²) in [6.45, 7) is 8.74. The SMILES string of the molecule is CCCCOC(=O)CNCC(C)(C)CCOC. The number of carbonyl (C=O) groups is 1. The van der Waals surface area contributed by atoms with Crippen molar-refractivity contribution in [3.63, 3.8) is 0 Å². The largest absolute Gasteiger partial charge is 0.465 e. The van der Waals surface area contributed by atoms with Gasteiger partial charge in [0.05, 0.1) is 13.2 Å². The zero-order chi connectivity index (χ0) is 13.1. The average molecular weight is 245 g/mol. The van der Waals surface area contributed by atoms with Gasteiger partial charge in [-0.1, -0.05) is 27.2 Å². The number of hydrogen-bond donors (Lipinski definition) is 1. The molecule has 0 fully saturated rings. The van der Waals surface area contributed by atoms with Gasteiger partial charge in [0.1, 0.15) is 0 Å². The second kappa shape index (κ2) is 9.42. The van der Waals surface area contributed by atoms with Crippen LogP contribution in [0.25, 0.3) is 0 Å². The summed E-state index contributed by atoms with van der Waals surface area (Å²) in [5, 5.41) is 3.13. The first-order chi connectivity index (χ1) is 8.02. The highest BCUT2D eigenvalue weighted by Gasteiger charge is 2.17. The molecule has 0 radical (unpaired) electrons. The van der Waals surface area contributed by atoms with E-state index in [2.05, 4.69) is 26.1 Å². The highest BCUT2D eigenvalue weighted by molar-refractivity contribution is 5.71. The van der Waals surface area contributed by atoms with E-state index in [1.807, 2.05) is 0 Å². The Balaban J connectivity index is 3.57. The molecule has 4 nitrogen and oxygen atoms in total. The van der Waals surface area contributed by atoms with Crippen LogP contribution < -0.4 is 5.32 Å². The molecule has 0 aromatic carbocycles. The molecule has 0 amide bonds. The summed E-state index contributed by atoms with van der Waals surface area (Å²) in [4.78, 5) is 11.3. The van der Waals surface area contributed by atoms with Crippen molar-refractivity contribution in [1.82, 2.24) is 5.32 Å². The van der Waals surface area contributed by atoms with Crippen LogP contribution in [0.3, 0.4) is 0 Å². The third kappa shape index (κ3) is 10.3. The Morgan fingerprint density at radius 3 is 2.59 bits per heavy atom. The number of carbonyl (C=O) groups excluding carboxylic acids is 1. The van der Waals surface area contributed by atoms with Crippen LogP contribution in [0.4, 0.5) is 0 Å². The van der Waals surface area contributed by atoms with Crippen molar-refractivity contribution in [3.8, 4) is 0 Å². The van der Waals surface area contributed by atoms with Crippen LogP contribution in [0.15, 0.2) is 0 Å². The summed E-state index contributed by atoms with van der Waals surface area (Å²) < 4.78 is 10.1. The van der Waals surface area contributed by atoms with E-state index in [0.717, 1.165) is 32.4 Å². The van der Waals surface area contributed by atoms with Gasteiger partial charge in [-0.2, -0.15) is 0 Å². The van der Waals surface area contributed by atoms with Crippen LogP contribution in [0, 0.1) is 5.41 Å². The lowest BCUT2D eigenvalue weighted by atomic mass is 9.90. The second-order valence-corrected chi connectivity index (χ2v) is 5.08. The Morgan fingerprint density at radius 2 is 2.00 bits per heavy atom. The number of unbranched alkanes of at least 4 members (excludes halogenated alkanes) is 1. The summed E-state index contributed by atoms with van der Waals surface area (Å²) >= 11 is 0. The molecule has 0 heterocycles.